The fourth-order valence-electron chi connectivity index (χ4n) is 1.17. The van der Waals surface area contributed by atoms with Gasteiger partial charge in [-0.05, 0) is 22.6 Å². The van der Waals surface area contributed by atoms with E-state index in [9.17, 15) is 9.18 Å². The third-order valence-corrected chi connectivity index (χ3v) is 2.39. The van der Waals surface area contributed by atoms with Crippen LogP contribution in [0.2, 0.25) is 0 Å². The second kappa shape index (κ2) is 4.05. The summed E-state index contributed by atoms with van der Waals surface area (Å²) >= 11 is 2.07. The van der Waals surface area contributed by atoms with Crippen molar-refractivity contribution < 1.29 is 9.18 Å². The zero-order valence-electron chi connectivity index (χ0n) is 7.39. The number of hydrogen-bond donors (Lipinski definition) is 0. The molecule has 2 aromatic heterocycles. The Kier molecular flexibility index (Phi) is 2.76. The molecule has 0 radical (unpaired) electrons. The molecule has 0 saturated carbocycles. The number of rotatable bonds is 2. The Labute approximate surface area is 98.3 Å². The summed E-state index contributed by atoms with van der Waals surface area (Å²) in [6.07, 6.45) is 6.16. The van der Waals surface area contributed by atoms with Crippen LogP contribution in [0.4, 0.5) is 4.39 Å². The predicted octanol–water partition coefficient (Wildman–Crippen LogP) is 1.82. The van der Waals surface area contributed by atoms with Crippen molar-refractivity contribution >= 4 is 28.9 Å². The second-order valence-corrected chi connectivity index (χ2v) is 4.02. The van der Waals surface area contributed by atoms with Gasteiger partial charge in [0.05, 0.1) is 33.4 Å². The van der Waals surface area contributed by atoms with Crippen LogP contribution in [0, 0.1) is 9.39 Å². The van der Waals surface area contributed by atoms with Crippen molar-refractivity contribution in [1.29, 1.82) is 0 Å². The van der Waals surface area contributed by atoms with Crippen LogP contribution < -0.4 is 0 Å². The highest BCUT2D eigenvalue weighted by atomic mass is 127. The minimum Gasteiger partial charge on any atom is -0.298 e. The van der Waals surface area contributed by atoms with E-state index in [0.717, 1.165) is 9.77 Å². The van der Waals surface area contributed by atoms with Crippen molar-refractivity contribution in [2.45, 2.75) is 0 Å². The maximum absolute atomic E-state index is 13.2. The molecule has 0 spiro atoms. The first-order chi connectivity index (χ1) is 7.22. The molecule has 76 valence electrons. The molecule has 2 rings (SSSR count). The van der Waals surface area contributed by atoms with Crippen LogP contribution >= 0.6 is 22.6 Å². The fraction of sp³-hybridized carbons (Fsp3) is 0. The van der Waals surface area contributed by atoms with Gasteiger partial charge in [0.1, 0.15) is 0 Å². The van der Waals surface area contributed by atoms with Gasteiger partial charge in [0.15, 0.2) is 12.1 Å². The lowest BCUT2D eigenvalue weighted by atomic mass is 10.2. The van der Waals surface area contributed by atoms with Gasteiger partial charge in [0.2, 0.25) is 0 Å². The van der Waals surface area contributed by atoms with Gasteiger partial charge in [-0.3, -0.25) is 9.78 Å². The Hall–Kier alpha value is -1.31. The van der Waals surface area contributed by atoms with Gasteiger partial charge in [0, 0.05) is 6.20 Å². The Morgan fingerprint density at radius 3 is 2.80 bits per heavy atom. The maximum atomic E-state index is 13.2. The van der Waals surface area contributed by atoms with Crippen molar-refractivity contribution in [3.8, 4) is 5.69 Å². The zero-order chi connectivity index (χ0) is 10.8. The van der Waals surface area contributed by atoms with Gasteiger partial charge < -0.3 is 0 Å². The number of carbonyl (C=O) groups excluding carboxylic acids is 1. The van der Waals surface area contributed by atoms with E-state index in [1.165, 1.54) is 10.9 Å². The summed E-state index contributed by atoms with van der Waals surface area (Å²) < 4.78 is 15.5. The van der Waals surface area contributed by atoms with E-state index in [1.54, 1.807) is 12.4 Å². The van der Waals surface area contributed by atoms with E-state index in [4.69, 9.17) is 0 Å². The molecular formula is C9H5FIN3O. The summed E-state index contributed by atoms with van der Waals surface area (Å²) in [6, 6.07) is 0. The monoisotopic (exact) mass is 317 g/mol. The minimum atomic E-state index is -0.645. The Morgan fingerprint density at radius 2 is 2.20 bits per heavy atom. The van der Waals surface area contributed by atoms with Crippen LogP contribution in [0.5, 0.6) is 0 Å². The second-order valence-electron chi connectivity index (χ2n) is 2.78. The number of carbonyl (C=O) groups is 1. The highest BCUT2D eigenvalue weighted by Gasteiger charge is 2.10. The largest absolute Gasteiger partial charge is 0.298 e. The zero-order valence-corrected chi connectivity index (χ0v) is 9.55. The molecule has 2 aromatic rings. The Morgan fingerprint density at radius 1 is 1.40 bits per heavy atom. The van der Waals surface area contributed by atoms with Crippen LogP contribution in [0.15, 0.2) is 24.8 Å². The highest BCUT2D eigenvalue weighted by Crippen LogP contribution is 2.15. The van der Waals surface area contributed by atoms with Gasteiger partial charge in [-0.2, -0.15) is 5.10 Å². The molecular weight excluding hydrogens is 312 g/mol. The lowest BCUT2D eigenvalue weighted by Crippen LogP contribution is -2.03. The molecule has 0 aliphatic rings. The molecule has 0 amide bonds. The fourth-order valence-corrected chi connectivity index (χ4v) is 1.55. The van der Waals surface area contributed by atoms with Crippen LogP contribution in [-0.4, -0.2) is 21.1 Å². The Bertz CT molecular complexity index is 512. The third kappa shape index (κ3) is 1.89. The lowest BCUT2D eigenvalue weighted by molar-refractivity contribution is 0.111. The molecule has 0 N–H and O–H groups in total. The number of nitrogens with zero attached hydrogens (tertiary/aromatic N) is 3. The summed E-state index contributed by atoms with van der Waals surface area (Å²) in [6.45, 7) is 0. The number of hydrogen-bond acceptors (Lipinski definition) is 3. The summed E-state index contributed by atoms with van der Waals surface area (Å²) in [7, 11) is 0. The van der Waals surface area contributed by atoms with E-state index >= 15 is 0 Å². The van der Waals surface area contributed by atoms with Crippen molar-refractivity contribution in [2.24, 2.45) is 0 Å². The van der Waals surface area contributed by atoms with Crippen LogP contribution in [0.3, 0.4) is 0 Å². The molecule has 6 heteroatoms. The molecule has 0 fully saturated rings. The van der Waals surface area contributed by atoms with Gasteiger partial charge in [-0.15, -0.1) is 0 Å². The van der Waals surface area contributed by atoms with Gasteiger partial charge in [-0.1, -0.05) is 0 Å². The van der Waals surface area contributed by atoms with Crippen molar-refractivity contribution in [2.75, 3.05) is 0 Å². The van der Waals surface area contributed by atoms with E-state index in [-0.39, 0.29) is 5.56 Å². The van der Waals surface area contributed by atoms with Crippen LogP contribution in [-0.2, 0) is 0 Å². The van der Waals surface area contributed by atoms with Gasteiger partial charge in [-0.25, -0.2) is 9.07 Å². The van der Waals surface area contributed by atoms with Crippen molar-refractivity contribution in [3.63, 3.8) is 0 Å². The molecule has 15 heavy (non-hydrogen) atoms. The molecule has 0 aromatic carbocycles. The standard InChI is InChI=1S/C9H5FIN3O/c10-8-2-12-3-9(7(8)5-15)14-4-6(11)1-13-14/h1-5H. The SMILES string of the molecule is O=Cc1c(F)cncc1-n1cc(I)cn1. The summed E-state index contributed by atoms with van der Waals surface area (Å²) in [5.74, 6) is -0.645. The molecule has 0 bridgehead atoms. The maximum Gasteiger partial charge on any atom is 0.155 e. The number of pyridine rings is 1. The molecule has 0 saturated heterocycles. The van der Waals surface area contributed by atoms with Crippen LogP contribution in [0.25, 0.3) is 5.69 Å². The van der Waals surface area contributed by atoms with Crippen molar-refractivity contribution in [1.82, 2.24) is 14.8 Å². The van der Waals surface area contributed by atoms with Crippen molar-refractivity contribution in [3.05, 3.63) is 39.7 Å². The normalized spacial score (nSPS) is 10.3. The predicted molar refractivity (Wildman–Crippen MR) is 59.4 cm³/mol. The smallest absolute Gasteiger partial charge is 0.155 e. The van der Waals surface area contributed by atoms with Crippen LogP contribution in [0.1, 0.15) is 10.4 Å². The summed E-state index contributed by atoms with van der Waals surface area (Å²) in [4.78, 5) is 14.4. The van der Waals surface area contributed by atoms with E-state index in [1.807, 2.05) is 0 Å². The average Bonchev–Trinajstić information content (AvgIpc) is 2.64. The minimum absolute atomic E-state index is 0.0375. The molecule has 0 aliphatic carbocycles. The lowest BCUT2D eigenvalue weighted by Gasteiger charge is -2.03. The molecule has 0 aliphatic heterocycles. The van der Waals surface area contributed by atoms with E-state index in [2.05, 4.69) is 32.7 Å². The molecule has 4 nitrogen and oxygen atoms in total. The first kappa shape index (κ1) is 10.2. The molecule has 2 heterocycles. The third-order valence-electron chi connectivity index (χ3n) is 1.83. The average molecular weight is 317 g/mol. The first-order valence-corrected chi connectivity index (χ1v) is 5.09. The summed E-state index contributed by atoms with van der Waals surface area (Å²) in [5.41, 5.74) is 0.303. The summed E-state index contributed by atoms with van der Waals surface area (Å²) in [5, 5.41) is 3.98. The first-order valence-electron chi connectivity index (χ1n) is 4.01. The quantitative estimate of drug-likeness (QED) is 0.627. The number of halogens is 2. The highest BCUT2D eigenvalue weighted by molar-refractivity contribution is 14.1. The molecule has 0 unspecified atom stereocenters. The van der Waals surface area contributed by atoms with E-state index in [0.29, 0.717) is 12.0 Å². The Balaban J connectivity index is 2.62. The van der Waals surface area contributed by atoms with E-state index < -0.39 is 5.82 Å². The van der Waals surface area contributed by atoms with Gasteiger partial charge >= 0.3 is 0 Å². The number of aldehydes is 1. The van der Waals surface area contributed by atoms with Gasteiger partial charge in [0.25, 0.3) is 0 Å². The number of aromatic nitrogens is 3. The topological polar surface area (TPSA) is 47.8 Å². The molecule has 0 atom stereocenters.